The van der Waals surface area contributed by atoms with Gasteiger partial charge in [-0.25, -0.2) is 0 Å². The van der Waals surface area contributed by atoms with Gasteiger partial charge >= 0.3 is 0 Å². The largest absolute Gasteiger partial charge is 0.342 e. The number of amides is 3. The van der Waals surface area contributed by atoms with Crippen LogP contribution in [0, 0.1) is 5.92 Å². The van der Waals surface area contributed by atoms with E-state index < -0.39 is 0 Å². The first-order valence-electron chi connectivity index (χ1n) is 12.7. The van der Waals surface area contributed by atoms with Gasteiger partial charge in [0.15, 0.2) is 0 Å². The molecule has 1 aliphatic heterocycles. The third-order valence-electron chi connectivity index (χ3n) is 7.11. The molecule has 1 aliphatic carbocycles. The summed E-state index contributed by atoms with van der Waals surface area (Å²) in [5.41, 5.74) is 1.38. The van der Waals surface area contributed by atoms with Crippen LogP contribution in [0.4, 0.5) is 5.69 Å². The van der Waals surface area contributed by atoms with Gasteiger partial charge in [0.25, 0.3) is 5.91 Å². The van der Waals surface area contributed by atoms with E-state index in [1.807, 2.05) is 66.5 Å². The van der Waals surface area contributed by atoms with Crippen LogP contribution >= 0.6 is 11.8 Å². The average molecular weight is 494 g/mol. The topological polar surface area (TPSA) is 69.7 Å². The predicted octanol–water partition coefficient (Wildman–Crippen LogP) is 5.06. The van der Waals surface area contributed by atoms with E-state index in [1.165, 1.54) is 31.0 Å². The van der Waals surface area contributed by atoms with Crippen LogP contribution in [-0.4, -0.2) is 59.5 Å². The van der Waals surface area contributed by atoms with E-state index in [-0.39, 0.29) is 23.6 Å². The highest BCUT2D eigenvalue weighted by Crippen LogP contribution is 2.28. The highest BCUT2D eigenvalue weighted by molar-refractivity contribution is 8.00. The minimum atomic E-state index is -0.238. The van der Waals surface area contributed by atoms with Crippen LogP contribution < -0.4 is 5.32 Å². The monoisotopic (exact) mass is 493 g/mol. The lowest BCUT2D eigenvalue weighted by atomic mass is 9.94. The maximum Gasteiger partial charge on any atom is 0.255 e. The molecule has 4 rings (SSSR count). The van der Waals surface area contributed by atoms with Crippen LogP contribution in [0.1, 0.15) is 55.3 Å². The van der Waals surface area contributed by atoms with E-state index >= 15 is 0 Å². The van der Waals surface area contributed by atoms with E-state index in [1.54, 1.807) is 4.90 Å². The van der Waals surface area contributed by atoms with Crippen molar-refractivity contribution in [2.75, 3.05) is 31.2 Å². The SMILES string of the molecule is CN(C(=O)CSc1ccccc1C(=O)N1CCC[C@@H](C(=O)Nc2ccccc2)C1)C1CCCCC1. The van der Waals surface area contributed by atoms with Gasteiger partial charge in [0.05, 0.1) is 17.2 Å². The number of likely N-dealkylation sites (tertiary alicyclic amines) is 1. The summed E-state index contributed by atoms with van der Waals surface area (Å²) in [5.74, 6) is 0.0728. The number of hydrogen-bond acceptors (Lipinski definition) is 4. The molecule has 2 fully saturated rings. The Morgan fingerprint density at radius 3 is 2.43 bits per heavy atom. The molecule has 0 radical (unpaired) electrons. The van der Waals surface area contributed by atoms with Gasteiger partial charge in [0.2, 0.25) is 11.8 Å². The highest BCUT2D eigenvalue weighted by atomic mass is 32.2. The number of anilines is 1. The fourth-order valence-electron chi connectivity index (χ4n) is 4.99. The van der Waals surface area contributed by atoms with Crippen molar-refractivity contribution in [1.29, 1.82) is 0 Å². The first-order valence-corrected chi connectivity index (χ1v) is 13.6. The van der Waals surface area contributed by atoms with Crippen LogP contribution in [-0.2, 0) is 9.59 Å². The molecule has 0 aromatic heterocycles. The molecule has 2 aliphatic rings. The Morgan fingerprint density at radius 1 is 0.943 bits per heavy atom. The number of carbonyl (C=O) groups is 3. The molecule has 1 N–H and O–H groups in total. The van der Waals surface area contributed by atoms with Gasteiger partial charge in [0.1, 0.15) is 0 Å². The molecule has 35 heavy (non-hydrogen) atoms. The standard InChI is InChI=1S/C28H35N3O3S/c1-30(23-14-6-3-7-15-23)26(32)20-35-25-17-9-8-16-24(25)28(34)31-18-10-11-21(19-31)27(33)29-22-12-4-2-5-13-22/h2,4-5,8-9,12-13,16-17,21,23H,3,6-7,10-11,14-15,18-20H2,1H3,(H,29,33)/t21-/m1/s1. The number of hydrogen-bond donors (Lipinski definition) is 1. The molecule has 7 heteroatoms. The first kappa shape index (κ1) is 25.3. The molecule has 0 bridgehead atoms. The van der Waals surface area contributed by atoms with Gasteiger partial charge in [-0.15, -0.1) is 11.8 Å². The Kier molecular flexibility index (Phi) is 8.85. The van der Waals surface area contributed by atoms with Crippen LogP contribution in [0.15, 0.2) is 59.5 Å². The number of benzene rings is 2. The van der Waals surface area contributed by atoms with Crippen molar-refractivity contribution >= 4 is 35.2 Å². The number of piperidine rings is 1. The second-order valence-corrected chi connectivity index (χ2v) is 10.5. The van der Waals surface area contributed by atoms with E-state index in [9.17, 15) is 14.4 Å². The number of para-hydroxylation sites is 1. The normalized spacial score (nSPS) is 18.7. The summed E-state index contributed by atoms with van der Waals surface area (Å²) in [7, 11) is 1.91. The quantitative estimate of drug-likeness (QED) is 0.548. The van der Waals surface area contributed by atoms with Crippen molar-refractivity contribution in [3.8, 4) is 0 Å². The summed E-state index contributed by atoms with van der Waals surface area (Å²) in [4.78, 5) is 43.6. The highest BCUT2D eigenvalue weighted by Gasteiger charge is 2.30. The Balaban J connectivity index is 1.36. The Hall–Kier alpha value is -2.80. The van der Waals surface area contributed by atoms with E-state index in [0.29, 0.717) is 30.4 Å². The second-order valence-electron chi connectivity index (χ2n) is 9.53. The zero-order chi connectivity index (χ0) is 24.6. The Morgan fingerprint density at radius 2 is 1.66 bits per heavy atom. The van der Waals surface area contributed by atoms with Crippen LogP contribution in [0.5, 0.6) is 0 Å². The van der Waals surface area contributed by atoms with E-state index in [4.69, 9.17) is 0 Å². The smallest absolute Gasteiger partial charge is 0.255 e. The fourth-order valence-corrected chi connectivity index (χ4v) is 5.96. The van der Waals surface area contributed by atoms with Gasteiger partial charge in [-0.1, -0.05) is 49.6 Å². The van der Waals surface area contributed by atoms with Crippen LogP contribution in [0.25, 0.3) is 0 Å². The first-order chi connectivity index (χ1) is 17.0. The minimum absolute atomic E-state index is 0.0484. The van der Waals surface area contributed by atoms with Gasteiger partial charge in [-0.3, -0.25) is 14.4 Å². The molecule has 1 heterocycles. The summed E-state index contributed by atoms with van der Waals surface area (Å²) < 4.78 is 0. The number of thioether (sulfide) groups is 1. The second kappa shape index (κ2) is 12.2. The molecule has 1 atom stereocenters. The lowest BCUT2D eigenvalue weighted by Crippen LogP contribution is -2.44. The zero-order valence-electron chi connectivity index (χ0n) is 20.4. The summed E-state index contributed by atoms with van der Waals surface area (Å²) in [6, 6.07) is 17.3. The predicted molar refractivity (Wildman–Crippen MR) is 141 cm³/mol. The maximum atomic E-state index is 13.5. The molecule has 0 unspecified atom stereocenters. The van der Waals surface area contributed by atoms with Crippen molar-refractivity contribution < 1.29 is 14.4 Å². The number of rotatable bonds is 7. The molecule has 1 saturated carbocycles. The molecular weight excluding hydrogens is 458 g/mol. The molecule has 2 aromatic rings. The lowest BCUT2D eigenvalue weighted by molar-refractivity contribution is -0.129. The Labute approximate surface area is 212 Å². The summed E-state index contributed by atoms with van der Waals surface area (Å²) >= 11 is 1.43. The van der Waals surface area contributed by atoms with E-state index in [0.717, 1.165) is 36.3 Å². The molecule has 186 valence electrons. The van der Waals surface area contributed by atoms with Crippen LogP contribution in [0.3, 0.4) is 0 Å². The van der Waals surface area contributed by atoms with Crippen molar-refractivity contribution in [1.82, 2.24) is 9.80 Å². The maximum absolute atomic E-state index is 13.5. The average Bonchev–Trinajstić information content (AvgIpc) is 2.92. The molecule has 3 amide bonds. The fraction of sp³-hybridized carbons (Fsp3) is 0.464. The summed E-state index contributed by atoms with van der Waals surface area (Å²) in [5, 5.41) is 2.97. The summed E-state index contributed by atoms with van der Waals surface area (Å²) in [6.45, 7) is 1.04. The Bertz CT molecular complexity index is 1020. The van der Waals surface area contributed by atoms with Gasteiger partial charge in [-0.2, -0.15) is 0 Å². The van der Waals surface area contributed by atoms with Crippen molar-refractivity contribution in [2.24, 2.45) is 5.92 Å². The van der Waals surface area contributed by atoms with Crippen LogP contribution in [0.2, 0.25) is 0 Å². The zero-order valence-corrected chi connectivity index (χ0v) is 21.3. The van der Waals surface area contributed by atoms with Gasteiger partial charge in [0, 0.05) is 36.8 Å². The molecule has 1 saturated heterocycles. The van der Waals surface area contributed by atoms with Crippen molar-refractivity contribution in [3.63, 3.8) is 0 Å². The molecule has 6 nitrogen and oxygen atoms in total. The van der Waals surface area contributed by atoms with Gasteiger partial charge in [-0.05, 0) is 49.9 Å². The number of nitrogens with one attached hydrogen (secondary N) is 1. The van der Waals surface area contributed by atoms with E-state index in [2.05, 4.69) is 5.32 Å². The number of carbonyl (C=O) groups excluding carboxylic acids is 3. The lowest BCUT2D eigenvalue weighted by Gasteiger charge is -2.32. The molecule has 0 spiro atoms. The number of nitrogens with zero attached hydrogens (tertiary/aromatic N) is 2. The molecular formula is C28H35N3O3S. The third-order valence-corrected chi connectivity index (χ3v) is 8.16. The molecule has 2 aromatic carbocycles. The van der Waals surface area contributed by atoms with Gasteiger partial charge < -0.3 is 15.1 Å². The van der Waals surface area contributed by atoms with Crippen molar-refractivity contribution in [2.45, 2.75) is 55.9 Å². The minimum Gasteiger partial charge on any atom is -0.342 e. The summed E-state index contributed by atoms with van der Waals surface area (Å²) in [6.07, 6.45) is 7.35. The van der Waals surface area contributed by atoms with Crippen molar-refractivity contribution in [3.05, 3.63) is 60.2 Å². The third kappa shape index (κ3) is 6.66.